The van der Waals surface area contributed by atoms with Crippen LogP contribution in [0.3, 0.4) is 0 Å². The number of thiazole rings is 1. The van der Waals surface area contributed by atoms with Crippen molar-refractivity contribution in [2.45, 2.75) is 6.92 Å². The molecule has 0 aliphatic rings. The maximum absolute atomic E-state index is 14.3. The number of hydrogen-bond donors (Lipinski definition) is 2. The monoisotopic (exact) mass is 381 g/mol. The highest BCUT2D eigenvalue weighted by atomic mass is 32.1. The normalized spacial score (nSPS) is 10.9. The van der Waals surface area contributed by atoms with Gasteiger partial charge in [0, 0.05) is 22.3 Å². The van der Waals surface area contributed by atoms with E-state index >= 15 is 0 Å². The van der Waals surface area contributed by atoms with Crippen molar-refractivity contribution in [3.05, 3.63) is 65.0 Å². The number of rotatable bonds is 4. The summed E-state index contributed by atoms with van der Waals surface area (Å²) in [7, 11) is 1.48. The molecular weight excluding hydrogens is 365 g/mol. The number of methoxy groups -OCH3 is 1. The maximum atomic E-state index is 14.3. The van der Waals surface area contributed by atoms with Gasteiger partial charge < -0.3 is 15.0 Å². The first-order valence-corrected chi connectivity index (χ1v) is 9.07. The number of benzene rings is 2. The number of ether oxygens (including phenoxy) is 1. The van der Waals surface area contributed by atoms with Crippen LogP contribution in [0.1, 0.15) is 15.4 Å². The van der Waals surface area contributed by atoms with E-state index in [1.165, 1.54) is 24.5 Å². The standard InChI is InChI=1S/C20H16FN3O2S/c1-11-18(19(25)23-13-7-6-12-8-9-22-15(12)10-13)24-20(27-11)17-14(21)4-3-5-16(17)26-2/h3-10,22H,1-2H3,(H,23,25). The minimum atomic E-state index is -0.438. The molecule has 5 nitrogen and oxygen atoms in total. The number of anilines is 1. The van der Waals surface area contributed by atoms with Gasteiger partial charge in [-0.15, -0.1) is 11.3 Å². The van der Waals surface area contributed by atoms with E-state index in [0.29, 0.717) is 21.3 Å². The molecule has 0 saturated heterocycles. The zero-order valence-corrected chi connectivity index (χ0v) is 15.5. The number of aromatic nitrogens is 2. The van der Waals surface area contributed by atoms with E-state index in [1.807, 2.05) is 30.5 Å². The molecule has 136 valence electrons. The molecule has 1 amide bonds. The molecule has 0 fully saturated rings. The molecule has 0 aliphatic heterocycles. The average Bonchev–Trinajstić information content (AvgIpc) is 3.27. The van der Waals surface area contributed by atoms with Crippen LogP contribution in [0.5, 0.6) is 5.75 Å². The molecule has 0 bridgehead atoms. The lowest BCUT2D eigenvalue weighted by atomic mass is 10.2. The highest BCUT2D eigenvalue weighted by molar-refractivity contribution is 7.15. The first-order chi connectivity index (χ1) is 13.1. The lowest BCUT2D eigenvalue weighted by Gasteiger charge is -2.06. The third-order valence-electron chi connectivity index (χ3n) is 4.23. The number of carbonyl (C=O) groups excluding carboxylic acids is 1. The summed E-state index contributed by atoms with van der Waals surface area (Å²) in [5, 5.41) is 4.32. The van der Waals surface area contributed by atoms with Crippen LogP contribution in [-0.4, -0.2) is 23.0 Å². The molecule has 2 heterocycles. The molecule has 0 radical (unpaired) electrons. The Bertz CT molecular complexity index is 1150. The van der Waals surface area contributed by atoms with Gasteiger partial charge in [0.2, 0.25) is 0 Å². The summed E-state index contributed by atoms with van der Waals surface area (Å²) >= 11 is 1.26. The van der Waals surface area contributed by atoms with Crippen molar-refractivity contribution in [1.82, 2.24) is 9.97 Å². The molecule has 7 heteroatoms. The average molecular weight is 381 g/mol. The van der Waals surface area contributed by atoms with Crippen LogP contribution in [-0.2, 0) is 0 Å². The number of fused-ring (bicyclic) bond motifs is 1. The fourth-order valence-corrected chi connectivity index (χ4v) is 3.87. The van der Waals surface area contributed by atoms with Crippen molar-refractivity contribution in [2.24, 2.45) is 0 Å². The van der Waals surface area contributed by atoms with Crippen molar-refractivity contribution in [3.8, 4) is 16.3 Å². The third-order valence-corrected chi connectivity index (χ3v) is 5.22. The van der Waals surface area contributed by atoms with Crippen molar-refractivity contribution >= 4 is 33.8 Å². The number of halogens is 1. The Labute approximate surface area is 158 Å². The van der Waals surface area contributed by atoms with E-state index in [-0.39, 0.29) is 17.2 Å². The Kier molecular flexibility index (Phi) is 4.37. The van der Waals surface area contributed by atoms with Crippen molar-refractivity contribution in [1.29, 1.82) is 0 Å². The smallest absolute Gasteiger partial charge is 0.275 e. The third kappa shape index (κ3) is 3.17. The van der Waals surface area contributed by atoms with E-state index in [0.717, 1.165) is 10.9 Å². The van der Waals surface area contributed by atoms with Gasteiger partial charge in [-0.3, -0.25) is 4.79 Å². The van der Waals surface area contributed by atoms with Gasteiger partial charge in [-0.2, -0.15) is 0 Å². The fourth-order valence-electron chi connectivity index (χ4n) is 2.91. The Morgan fingerprint density at radius 3 is 2.93 bits per heavy atom. The number of carbonyl (C=O) groups is 1. The topological polar surface area (TPSA) is 67.0 Å². The SMILES string of the molecule is COc1cccc(F)c1-c1nc(C(=O)Nc2ccc3cc[nH]c3c2)c(C)s1. The summed E-state index contributed by atoms with van der Waals surface area (Å²) in [5.74, 6) is -0.392. The van der Waals surface area contributed by atoms with Crippen molar-refractivity contribution in [3.63, 3.8) is 0 Å². The van der Waals surface area contributed by atoms with Crippen LogP contribution in [0.15, 0.2) is 48.7 Å². The Morgan fingerprint density at radius 1 is 1.26 bits per heavy atom. The largest absolute Gasteiger partial charge is 0.496 e. The molecule has 0 atom stereocenters. The van der Waals surface area contributed by atoms with Gasteiger partial charge in [0.1, 0.15) is 22.3 Å². The molecule has 2 aromatic carbocycles. The number of H-pyrrole nitrogens is 1. The van der Waals surface area contributed by atoms with Crippen LogP contribution < -0.4 is 10.1 Å². The second kappa shape index (κ2) is 6.85. The number of aryl methyl sites for hydroxylation is 1. The molecule has 0 spiro atoms. The van der Waals surface area contributed by atoms with Gasteiger partial charge in [0.25, 0.3) is 5.91 Å². The number of hydrogen-bond acceptors (Lipinski definition) is 4. The van der Waals surface area contributed by atoms with Crippen LogP contribution in [0, 0.1) is 12.7 Å². The quantitative estimate of drug-likeness (QED) is 0.523. The Morgan fingerprint density at radius 2 is 2.11 bits per heavy atom. The molecular formula is C20H16FN3O2S. The van der Waals surface area contributed by atoms with Crippen LogP contribution in [0.4, 0.5) is 10.1 Å². The Hall–Kier alpha value is -3.19. The zero-order valence-electron chi connectivity index (χ0n) is 14.7. The zero-order chi connectivity index (χ0) is 19.0. The molecule has 0 aliphatic carbocycles. The van der Waals surface area contributed by atoms with Gasteiger partial charge in [0.05, 0.1) is 12.7 Å². The Balaban J connectivity index is 1.66. The molecule has 4 rings (SSSR count). The van der Waals surface area contributed by atoms with Crippen molar-refractivity contribution < 1.29 is 13.9 Å². The van der Waals surface area contributed by atoms with Gasteiger partial charge in [-0.05, 0) is 42.6 Å². The number of nitrogens with zero attached hydrogens (tertiary/aromatic N) is 1. The minimum Gasteiger partial charge on any atom is -0.496 e. The van der Waals surface area contributed by atoms with E-state index in [2.05, 4.69) is 15.3 Å². The highest BCUT2D eigenvalue weighted by Gasteiger charge is 2.21. The summed E-state index contributed by atoms with van der Waals surface area (Å²) < 4.78 is 19.6. The lowest BCUT2D eigenvalue weighted by Crippen LogP contribution is -2.13. The lowest BCUT2D eigenvalue weighted by molar-refractivity contribution is 0.102. The van der Waals surface area contributed by atoms with Crippen LogP contribution in [0.2, 0.25) is 0 Å². The first-order valence-electron chi connectivity index (χ1n) is 8.25. The number of amides is 1. The van der Waals surface area contributed by atoms with E-state index < -0.39 is 5.82 Å². The molecule has 2 N–H and O–H groups in total. The summed E-state index contributed by atoms with van der Waals surface area (Å²) in [5.41, 5.74) is 2.12. The summed E-state index contributed by atoms with van der Waals surface area (Å²) in [6.45, 7) is 1.79. The van der Waals surface area contributed by atoms with Crippen LogP contribution in [0.25, 0.3) is 21.5 Å². The van der Waals surface area contributed by atoms with Gasteiger partial charge in [-0.1, -0.05) is 12.1 Å². The summed E-state index contributed by atoms with van der Waals surface area (Å²) in [4.78, 5) is 20.9. The van der Waals surface area contributed by atoms with Gasteiger partial charge in [0.15, 0.2) is 0 Å². The van der Waals surface area contributed by atoms with E-state index in [9.17, 15) is 9.18 Å². The molecule has 27 heavy (non-hydrogen) atoms. The predicted molar refractivity (Wildman–Crippen MR) is 105 cm³/mol. The summed E-state index contributed by atoms with van der Waals surface area (Å²) in [6.07, 6.45) is 1.84. The summed E-state index contributed by atoms with van der Waals surface area (Å²) in [6, 6.07) is 12.2. The highest BCUT2D eigenvalue weighted by Crippen LogP contribution is 2.36. The number of aromatic amines is 1. The predicted octanol–water partition coefficient (Wildman–Crippen LogP) is 5.00. The number of nitrogens with one attached hydrogen (secondary N) is 2. The molecule has 0 saturated carbocycles. The van der Waals surface area contributed by atoms with Gasteiger partial charge in [-0.25, -0.2) is 9.37 Å². The van der Waals surface area contributed by atoms with E-state index in [4.69, 9.17) is 4.74 Å². The second-order valence-electron chi connectivity index (χ2n) is 5.97. The van der Waals surface area contributed by atoms with E-state index in [1.54, 1.807) is 19.1 Å². The minimum absolute atomic E-state index is 0.264. The van der Waals surface area contributed by atoms with Crippen LogP contribution >= 0.6 is 11.3 Å². The fraction of sp³-hybridized carbons (Fsp3) is 0.100. The molecule has 0 unspecified atom stereocenters. The van der Waals surface area contributed by atoms with Crippen molar-refractivity contribution in [2.75, 3.05) is 12.4 Å². The first kappa shape index (κ1) is 17.2. The maximum Gasteiger partial charge on any atom is 0.275 e. The second-order valence-corrected chi connectivity index (χ2v) is 7.18. The van der Waals surface area contributed by atoms with Gasteiger partial charge >= 0.3 is 0 Å². The molecule has 4 aromatic rings. The molecule has 2 aromatic heterocycles.